The van der Waals surface area contributed by atoms with Crippen LogP contribution in [0.5, 0.6) is 0 Å². The van der Waals surface area contributed by atoms with E-state index in [1.165, 1.54) is 29.4 Å². The molecule has 4 aromatic rings. The maximum Gasteiger partial charge on any atom is 0.136 e. The van der Waals surface area contributed by atoms with E-state index < -0.39 is 0 Å². The zero-order valence-corrected chi connectivity index (χ0v) is 18.1. The summed E-state index contributed by atoms with van der Waals surface area (Å²) in [4.78, 5) is 18.1. The molecule has 0 N–H and O–H groups in total. The monoisotopic (exact) mass is 416 g/mol. The molecule has 6 rings (SSSR count). The van der Waals surface area contributed by atoms with Gasteiger partial charge in [0.15, 0.2) is 0 Å². The number of thiophene rings is 1. The van der Waals surface area contributed by atoms with Gasteiger partial charge in [-0.05, 0) is 32.3 Å². The summed E-state index contributed by atoms with van der Waals surface area (Å²) < 4.78 is 7.35. The van der Waals surface area contributed by atoms with E-state index in [9.17, 15) is 0 Å². The van der Waals surface area contributed by atoms with Crippen LogP contribution in [0.2, 0.25) is 0 Å². The molecular weight excluding hydrogens is 392 g/mol. The Hall–Kier alpha value is -2.57. The minimum Gasteiger partial charge on any atom is -0.370 e. The van der Waals surface area contributed by atoms with Crippen LogP contribution in [0.3, 0.4) is 0 Å². The Bertz CT molecular complexity index is 1260. The van der Waals surface area contributed by atoms with Gasteiger partial charge in [-0.25, -0.2) is 15.0 Å². The largest absolute Gasteiger partial charge is 0.370 e. The van der Waals surface area contributed by atoms with E-state index in [1.807, 2.05) is 6.07 Å². The molecule has 0 amide bonds. The smallest absolute Gasteiger partial charge is 0.136 e. The maximum atomic E-state index is 6.23. The third kappa shape index (κ3) is 2.81. The van der Waals surface area contributed by atoms with Crippen LogP contribution < -0.4 is 4.90 Å². The van der Waals surface area contributed by atoms with E-state index in [1.54, 1.807) is 17.7 Å². The number of ether oxygens (including phenoxy) is 1. The van der Waals surface area contributed by atoms with Crippen LogP contribution >= 0.6 is 11.3 Å². The highest BCUT2D eigenvalue weighted by molar-refractivity contribution is 7.25. The highest BCUT2D eigenvalue weighted by Gasteiger charge is 2.33. The molecule has 0 bridgehead atoms. The first-order chi connectivity index (χ1) is 14.6. The summed E-state index contributed by atoms with van der Waals surface area (Å²) in [5.74, 6) is 1.12. The van der Waals surface area contributed by atoms with Gasteiger partial charge in [0.25, 0.3) is 0 Å². The third-order valence-electron chi connectivity index (χ3n) is 6.26. The fourth-order valence-electron chi connectivity index (χ4n) is 4.78. The first kappa shape index (κ1) is 18.2. The van der Waals surface area contributed by atoms with Gasteiger partial charge in [-0.1, -0.05) is 30.3 Å². The summed E-state index contributed by atoms with van der Waals surface area (Å²) in [5.41, 5.74) is 5.57. The summed E-state index contributed by atoms with van der Waals surface area (Å²) in [6.07, 6.45) is 5.04. The van der Waals surface area contributed by atoms with E-state index in [2.05, 4.69) is 48.0 Å². The minimum absolute atomic E-state index is 0.187. The second kappa shape index (κ2) is 6.72. The van der Waals surface area contributed by atoms with Gasteiger partial charge < -0.3 is 9.64 Å². The Kier molecular flexibility index (Phi) is 4.08. The van der Waals surface area contributed by atoms with Crippen molar-refractivity contribution in [1.82, 2.24) is 15.0 Å². The topological polar surface area (TPSA) is 51.1 Å². The Labute approximate surface area is 179 Å². The summed E-state index contributed by atoms with van der Waals surface area (Å²) >= 11 is 1.73. The van der Waals surface area contributed by atoms with Crippen molar-refractivity contribution in [3.8, 4) is 11.3 Å². The molecule has 3 aromatic heterocycles. The zero-order chi connectivity index (χ0) is 20.3. The van der Waals surface area contributed by atoms with Gasteiger partial charge in [-0.2, -0.15) is 0 Å². The van der Waals surface area contributed by atoms with Crippen molar-refractivity contribution < 1.29 is 4.74 Å². The summed E-state index contributed by atoms with van der Waals surface area (Å²) in [5, 5.41) is 1.20. The predicted octanol–water partition coefficient (Wildman–Crippen LogP) is 5.36. The molecule has 0 unspecified atom stereocenters. The Balaban J connectivity index is 1.67. The number of fused-ring (bicyclic) bond motifs is 5. The molecule has 0 radical (unpaired) electrons. The van der Waals surface area contributed by atoms with E-state index in [-0.39, 0.29) is 5.60 Å². The van der Waals surface area contributed by atoms with Crippen molar-refractivity contribution in [2.45, 2.75) is 45.3 Å². The lowest BCUT2D eigenvalue weighted by Crippen LogP contribution is -2.33. The minimum atomic E-state index is -0.187. The van der Waals surface area contributed by atoms with E-state index in [4.69, 9.17) is 14.7 Å². The number of nitrogens with zero attached hydrogens (tertiary/aromatic N) is 4. The molecule has 1 fully saturated rings. The number of hydrogen-bond donors (Lipinski definition) is 0. The molecule has 5 nitrogen and oxygen atoms in total. The van der Waals surface area contributed by atoms with Crippen molar-refractivity contribution in [3.05, 3.63) is 47.8 Å². The third-order valence-corrected chi connectivity index (χ3v) is 7.34. The van der Waals surface area contributed by atoms with Crippen molar-refractivity contribution in [2.75, 3.05) is 18.0 Å². The second-order valence-corrected chi connectivity index (χ2v) is 9.86. The van der Waals surface area contributed by atoms with Crippen LogP contribution in [-0.4, -0.2) is 33.6 Å². The number of hydrogen-bond acceptors (Lipinski definition) is 6. The van der Waals surface area contributed by atoms with Crippen molar-refractivity contribution in [3.63, 3.8) is 0 Å². The summed E-state index contributed by atoms with van der Waals surface area (Å²) in [6.45, 7) is 7.13. The fraction of sp³-hybridized carbons (Fsp3) is 0.375. The Morgan fingerprint density at radius 2 is 1.83 bits per heavy atom. The maximum absolute atomic E-state index is 6.23. The van der Waals surface area contributed by atoms with Crippen LogP contribution in [0.4, 0.5) is 5.82 Å². The van der Waals surface area contributed by atoms with Crippen LogP contribution in [0.1, 0.15) is 37.8 Å². The molecule has 2 aliphatic rings. The van der Waals surface area contributed by atoms with Gasteiger partial charge in [-0.3, -0.25) is 0 Å². The van der Waals surface area contributed by atoms with Crippen molar-refractivity contribution in [1.29, 1.82) is 0 Å². The lowest BCUT2D eigenvalue weighted by molar-refractivity contribution is -0.0395. The molecular formula is C24H24N4OS. The predicted molar refractivity (Wildman–Crippen MR) is 122 cm³/mol. The molecule has 5 heterocycles. The van der Waals surface area contributed by atoms with Crippen LogP contribution in [0, 0.1) is 0 Å². The van der Waals surface area contributed by atoms with Gasteiger partial charge in [0.1, 0.15) is 17.0 Å². The first-order valence-corrected chi connectivity index (χ1v) is 11.5. The lowest BCUT2D eigenvalue weighted by Gasteiger charge is -2.34. The highest BCUT2D eigenvalue weighted by atomic mass is 32.1. The van der Waals surface area contributed by atoms with Crippen molar-refractivity contribution >= 4 is 37.6 Å². The Morgan fingerprint density at radius 3 is 2.63 bits per heavy atom. The van der Waals surface area contributed by atoms with Gasteiger partial charge in [0.05, 0.1) is 28.1 Å². The quantitative estimate of drug-likeness (QED) is 0.440. The number of anilines is 1. The van der Waals surface area contributed by atoms with Gasteiger partial charge in [0.2, 0.25) is 0 Å². The number of aromatic nitrogens is 3. The molecule has 0 spiro atoms. The van der Waals surface area contributed by atoms with E-state index in [0.717, 1.165) is 51.6 Å². The van der Waals surface area contributed by atoms with Crippen LogP contribution in [0.25, 0.3) is 31.7 Å². The molecule has 6 heteroatoms. The highest BCUT2D eigenvalue weighted by Crippen LogP contribution is 2.44. The molecule has 0 saturated carbocycles. The average molecular weight is 417 g/mol. The fourth-order valence-corrected chi connectivity index (χ4v) is 5.95. The molecule has 1 aromatic carbocycles. The van der Waals surface area contributed by atoms with Gasteiger partial charge >= 0.3 is 0 Å². The first-order valence-electron chi connectivity index (χ1n) is 10.6. The zero-order valence-electron chi connectivity index (χ0n) is 17.3. The molecule has 1 saturated heterocycles. The molecule has 152 valence electrons. The normalized spacial score (nSPS) is 18.3. The molecule has 0 aliphatic carbocycles. The number of pyridine rings is 1. The molecule has 30 heavy (non-hydrogen) atoms. The van der Waals surface area contributed by atoms with Crippen LogP contribution in [0.15, 0.2) is 36.7 Å². The summed E-state index contributed by atoms with van der Waals surface area (Å²) in [6, 6.07) is 10.4. The number of benzene rings is 1. The van der Waals surface area contributed by atoms with Crippen molar-refractivity contribution in [2.24, 2.45) is 0 Å². The van der Waals surface area contributed by atoms with E-state index >= 15 is 0 Å². The van der Waals surface area contributed by atoms with E-state index in [0.29, 0.717) is 6.61 Å². The van der Waals surface area contributed by atoms with Gasteiger partial charge in [-0.15, -0.1) is 11.3 Å². The molecule has 0 atom stereocenters. The SMILES string of the molecule is CC1(C)Cc2c(c(N3CCCC3)nc3sc4c(-c5ccccc5)ncnc4c23)CO1. The average Bonchev–Trinajstić information content (AvgIpc) is 3.40. The molecule has 2 aliphatic heterocycles. The van der Waals surface area contributed by atoms with Crippen LogP contribution in [-0.2, 0) is 17.8 Å². The number of rotatable bonds is 2. The second-order valence-electron chi connectivity index (χ2n) is 8.86. The summed E-state index contributed by atoms with van der Waals surface area (Å²) in [7, 11) is 0. The Morgan fingerprint density at radius 1 is 1.03 bits per heavy atom. The van der Waals surface area contributed by atoms with Gasteiger partial charge in [0, 0.05) is 36.0 Å². The standard InChI is InChI=1S/C24H24N4OS/c1-24(2)12-16-17(13-29-24)22(28-10-6-7-11-28)27-23-18(16)20-21(30-23)19(25-14-26-20)15-8-4-3-5-9-15/h3-5,8-9,14H,6-7,10-13H2,1-2H3. The lowest BCUT2D eigenvalue weighted by atomic mass is 9.90.